The molecular weight excluding hydrogens is 523 g/mol. The average molecular weight is 556 g/mol. The van der Waals surface area contributed by atoms with E-state index in [1.807, 2.05) is 21.7 Å². The van der Waals surface area contributed by atoms with Gasteiger partial charge in [0.05, 0.1) is 12.1 Å². The number of halogens is 2. The van der Waals surface area contributed by atoms with Crippen LogP contribution in [0.25, 0.3) is 0 Å². The maximum Gasteiger partial charge on any atom is 0.312 e. The van der Waals surface area contributed by atoms with Crippen LogP contribution in [0, 0.1) is 6.92 Å². The summed E-state index contributed by atoms with van der Waals surface area (Å²) in [4.78, 5) is 44.7. The first-order valence-electron chi connectivity index (χ1n) is 11.8. The van der Waals surface area contributed by atoms with Gasteiger partial charge in [0.1, 0.15) is 10.3 Å². The van der Waals surface area contributed by atoms with Crippen molar-refractivity contribution in [3.63, 3.8) is 0 Å². The molecule has 1 saturated heterocycles. The molecule has 4 amide bonds. The highest BCUT2D eigenvalue weighted by molar-refractivity contribution is 7.07. The fraction of sp³-hybridized carbons (Fsp3) is 0.500. The minimum absolute atomic E-state index is 0.0813. The second kappa shape index (κ2) is 13.2. The number of aryl methyl sites for hydroxylation is 1. The summed E-state index contributed by atoms with van der Waals surface area (Å²) in [5.41, 5.74) is 7.25. The van der Waals surface area contributed by atoms with Crippen LogP contribution in [0.4, 0.5) is 4.79 Å². The van der Waals surface area contributed by atoms with Crippen LogP contribution in [0.3, 0.4) is 0 Å². The lowest BCUT2D eigenvalue weighted by molar-refractivity contribution is -0.134. The van der Waals surface area contributed by atoms with Crippen LogP contribution in [-0.2, 0) is 11.3 Å². The molecule has 9 nitrogen and oxygen atoms in total. The molecule has 2 aromatic heterocycles. The molecule has 12 heteroatoms. The highest BCUT2D eigenvalue weighted by atomic mass is 35.5. The number of carbonyl (C=O) groups is 3. The molecule has 0 aliphatic carbocycles. The van der Waals surface area contributed by atoms with E-state index in [2.05, 4.69) is 27.4 Å². The second-order valence-electron chi connectivity index (χ2n) is 8.96. The number of thiophene rings is 1. The summed E-state index contributed by atoms with van der Waals surface area (Å²) in [6.07, 6.45) is 2.43. The highest BCUT2D eigenvalue weighted by Gasteiger charge is 2.30. The smallest absolute Gasteiger partial charge is 0.312 e. The lowest BCUT2D eigenvalue weighted by Gasteiger charge is -2.41. The van der Waals surface area contributed by atoms with Gasteiger partial charge >= 0.3 is 6.03 Å². The van der Waals surface area contributed by atoms with Crippen molar-refractivity contribution in [1.82, 2.24) is 25.4 Å². The van der Waals surface area contributed by atoms with Gasteiger partial charge in [-0.1, -0.05) is 23.2 Å². The average Bonchev–Trinajstić information content (AvgIpc) is 3.34. The van der Waals surface area contributed by atoms with Gasteiger partial charge in [-0.25, -0.2) is 9.78 Å². The Morgan fingerprint density at radius 3 is 2.61 bits per heavy atom. The van der Waals surface area contributed by atoms with Crippen LogP contribution in [0.2, 0.25) is 10.3 Å². The molecule has 0 bridgehead atoms. The summed E-state index contributed by atoms with van der Waals surface area (Å²) in [6.45, 7) is 6.49. The lowest BCUT2D eigenvalue weighted by Crippen LogP contribution is -2.51. The fourth-order valence-electron chi connectivity index (χ4n) is 4.44. The molecule has 36 heavy (non-hydrogen) atoms. The zero-order chi connectivity index (χ0) is 26.2. The quantitative estimate of drug-likeness (QED) is 0.388. The number of rotatable bonds is 10. The summed E-state index contributed by atoms with van der Waals surface area (Å²) in [7, 11) is 0. The lowest BCUT2D eigenvalue weighted by atomic mass is 10.00. The van der Waals surface area contributed by atoms with Crippen LogP contribution in [-0.4, -0.2) is 70.9 Å². The van der Waals surface area contributed by atoms with E-state index in [0.717, 1.165) is 37.9 Å². The third-order valence-corrected chi connectivity index (χ3v) is 7.65. The number of nitrogens with one attached hydrogen (secondary N) is 2. The van der Waals surface area contributed by atoms with Gasteiger partial charge in [-0.2, -0.15) is 11.3 Å². The number of aromatic nitrogens is 1. The molecule has 0 saturated carbocycles. The summed E-state index contributed by atoms with van der Waals surface area (Å²) in [5.74, 6) is -0.403. The predicted octanol–water partition coefficient (Wildman–Crippen LogP) is 3.43. The largest absolute Gasteiger partial charge is 0.352 e. The van der Waals surface area contributed by atoms with E-state index >= 15 is 0 Å². The third kappa shape index (κ3) is 7.80. The summed E-state index contributed by atoms with van der Waals surface area (Å²) in [6, 6.07) is 3.25. The molecule has 196 valence electrons. The van der Waals surface area contributed by atoms with Crippen molar-refractivity contribution in [3.05, 3.63) is 49.9 Å². The Kier molecular flexibility index (Phi) is 10.4. The summed E-state index contributed by atoms with van der Waals surface area (Å²) < 4.78 is 0. The van der Waals surface area contributed by atoms with Crippen molar-refractivity contribution >= 4 is 52.4 Å². The Morgan fingerprint density at radius 2 is 2.00 bits per heavy atom. The standard InChI is InChI=1S/C24H32Cl2N6O3S/c1-15-11-19(25)30-22(26)21(15)23(34)28-7-3-16(2)31-8-4-18(5-9-31)32(13-17-6-10-36-14-17)20(33)12-29-24(27)35/h6,10-11,14,16,18H,3-5,7-9,12-13H2,1-2H3,(H,28,34)(H3,27,29,35). The number of hydrogen-bond acceptors (Lipinski definition) is 6. The van der Waals surface area contributed by atoms with Crippen molar-refractivity contribution in [2.45, 2.75) is 51.7 Å². The highest BCUT2D eigenvalue weighted by Crippen LogP contribution is 2.23. The first-order chi connectivity index (χ1) is 17.2. The predicted molar refractivity (Wildman–Crippen MR) is 142 cm³/mol. The molecule has 3 heterocycles. The van der Waals surface area contributed by atoms with E-state index in [4.69, 9.17) is 28.9 Å². The molecule has 1 fully saturated rings. The molecule has 1 aliphatic rings. The topological polar surface area (TPSA) is 121 Å². The zero-order valence-corrected chi connectivity index (χ0v) is 22.8. The third-order valence-electron chi connectivity index (χ3n) is 6.45. The number of amides is 4. The van der Waals surface area contributed by atoms with E-state index in [1.54, 1.807) is 24.3 Å². The van der Waals surface area contributed by atoms with E-state index in [-0.39, 0.29) is 40.7 Å². The Balaban J connectivity index is 1.50. The molecule has 0 aromatic carbocycles. The Labute approximate surface area is 225 Å². The molecule has 1 unspecified atom stereocenters. The minimum atomic E-state index is -0.709. The molecule has 0 spiro atoms. The molecule has 3 rings (SSSR count). The van der Waals surface area contributed by atoms with Crippen LogP contribution in [0.1, 0.15) is 47.7 Å². The number of piperidine rings is 1. The van der Waals surface area contributed by atoms with Crippen LogP contribution >= 0.6 is 34.5 Å². The number of nitrogens with zero attached hydrogens (tertiary/aromatic N) is 3. The number of primary amides is 1. The van der Waals surface area contributed by atoms with Crippen molar-refractivity contribution in [2.75, 3.05) is 26.2 Å². The number of carbonyl (C=O) groups excluding carboxylic acids is 3. The number of pyridine rings is 1. The monoisotopic (exact) mass is 554 g/mol. The normalized spacial score (nSPS) is 15.3. The molecular formula is C24H32Cl2N6O3S. The first kappa shape index (κ1) is 28.2. The van der Waals surface area contributed by atoms with Crippen LogP contribution in [0.15, 0.2) is 22.9 Å². The molecule has 4 N–H and O–H groups in total. The maximum absolute atomic E-state index is 12.9. The van der Waals surface area contributed by atoms with Gasteiger partial charge in [0, 0.05) is 38.3 Å². The summed E-state index contributed by atoms with van der Waals surface area (Å²) >= 11 is 13.6. The number of urea groups is 1. The van der Waals surface area contributed by atoms with Gasteiger partial charge in [-0.05, 0) is 67.1 Å². The molecule has 2 aromatic rings. The van der Waals surface area contributed by atoms with E-state index in [0.29, 0.717) is 24.2 Å². The van der Waals surface area contributed by atoms with Crippen molar-refractivity contribution < 1.29 is 14.4 Å². The fourth-order valence-corrected chi connectivity index (χ4v) is 5.71. The maximum atomic E-state index is 12.9. The van der Waals surface area contributed by atoms with E-state index in [1.165, 1.54) is 0 Å². The van der Waals surface area contributed by atoms with Crippen molar-refractivity contribution in [3.8, 4) is 0 Å². The van der Waals surface area contributed by atoms with Gasteiger partial charge in [-0.3, -0.25) is 9.59 Å². The van der Waals surface area contributed by atoms with Gasteiger partial charge in [0.2, 0.25) is 5.91 Å². The Bertz CT molecular complexity index is 1040. The molecule has 1 atom stereocenters. The van der Waals surface area contributed by atoms with Gasteiger partial charge in [-0.15, -0.1) is 0 Å². The zero-order valence-electron chi connectivity index (χ0n) is 20.4. The summed E-state index contributed by atoms with van der Waals surface area (Å²) in [5, 5.41) is 9.71. The van der Waals surface area contributed by atoms with E-state index < -0.39 is 6.03 Å². The van der Waals surface area contributed by atoms with Gasteiger partial charge < -0.3 is 26.2 Å². The second-order valence-corrected chi connectivity index (χ2v) is 10.5. The number of likely N-dealkylation sites (tertiary alicyclic amines) is 1. The first-order valence-corrected chi connectivity index (χ1v) is 13.5. The Morgan fingerprint density at radius 1 is 1.28 bits per heavy atom. The van der Waals surface area contributed by atoms with Gasteiger partial charge in [0.25, 0.3) is 5.91 Å². The van der Waals surface area contributed by atoms with Crippen molar-refractivity contribution in [2.24, 2.45) is 5.73 Å². The SMILES string of the molecule is Cc1cc(Cl)nc(Cl)c1C(=O)NCCC(C)N1CCC(N(Cc2ccsc2)C(=O)CNC(N)=O)CC1. The molecule has 1 aliphatic heterocycles. The van der Waals surface area contributed by atoms with E-state index in [9.17, 15) is 14.4 Å². The molecule has 0 radical (unpaired) electrons. The number of nitrogens with two attached hydrogens (primary N) is 1. The van der Waals surface area contributed by atoms with Gasteiger partial charge in [0.15, 0.2) is 0 Å². The van der Waals surface area contributed by atoms with Crippen LogP contribution < -0.4 is 16.4 Å². The Hall–Kier alpha value is -2.40. The minimum Gasteiger partial charge on any atom is -0.352 e. The van der Waals surface area contributed by atoms with Crippen molar-refractivity contribution in [1.29, 1.82) is 0 Å². The number of hydrogen-bond donors (Lipinski definition) is 3. The van der Waals surface area contributed by atoms with Crippen LogP contribution in [0.5, 0.6) is 0 Å².